The molecule has 1 aromatic carbocycles. The van der Waals surface area contributed by atoms with Gasteiger partial charge in [0, 0.05) is 12.6 Å². The smallest absolute Gasteiger partial charge is 0.468 e. The van der Waals surface area contributed by atoms with E-state index in [0.717, 1.165) is 5.56 Å². The van der Waals surface area contributed by atoms with E-state index in [-0.39, 0.29) is 30.6 Å². The molecule has 0 spiro atoms. The van der Waals surface area contributed by atoms with Crippen molar-refractivity contribution in [3.63, 3.8) is 0 Å². The molecule has 0 saturated carbocycles. The van der Waals surface area contributed by atoms with Gasteiger partial charge in [-0.15, -0.1) is 0 Å². The Bertz CT molecular complexity index is 805. The Labute approximate surface area is 165 Å². The molecule has 0 aliphatic carbocycles. The summed E-state index contributed by atoms with van der Waals surface area (Å²) in [4.78, 5) is 14.4. The summed E-state index contributed by atoms with van der Waals surface area (Å²) in [6, 6.07) is 7.03. The summed E-state index contributed by atoms with van der Waals surface area (Å²) >= 11 is 0. The molecular weight excluding hydrogens is 393 g/mol. The molecule has 2 atom stereocenters. The Kier molecular flexibility index (Phi) is 7.63. The van der Waals surface area contributed by atoms with Gasteiger partial charge in [0.2, 0.25) is 0 Å². The maximum absolute atomic E-state index is 12.7. The third-order valence-electron chi connectivity index (χ3n) is 4.09. The van der Waals surface area contributed by atoms with E-state index in [1.54, 1.807) is 12.1 Å². The highest BCUT2D eigenvalue weighted by molar-refractivity contribution is 5.70. The number of carbonyl (C=O) groups excluding carboxylic acids is 1. The molecule has 0 aliphatic heterocycles. The van der Waals surface area contributed by atoms with Crippen LogP contribution in [0.2, 0.25) is 0 Å². The van der Waals surface area contributed by atoms with E-state index in [9.17, 15) is 23.1 Å². The topological polar surface area (TPSA) is 93.8 Å². The van der Waals surface area contributed by atoms with Gasteiger partial charge in [-0.1, -0.05) is 12.1 Å². The third kappa shape index (κ3) is 6.75. The van der Waals surface area contributed by atoms with Gasteiger partial charge in [-0.3, -0.25) is 0 Å². The number of rotatable bonds is 9. The maximum Gasteiger partial charge on any atom is 0.468 e. The summed E-state index contributed by atoms with van der Waals surface area (Å²) in [7, 11) is 1.28. The SMILES string of the molecule is COC(=O)COc1ccc(CC(C)NCC(O)c2oc(C(F)(F)F)nc2C)cc1. The molecule has 2 rings (SSSR count). The molecular formula is C19H23F3N2O5. The van der Waals surface area contributed by atoms with Crippen molar-refractivity contribution < 1.29 is 37.0 Å². The van der Waals surface area contributed by atoms with E-state index in [1.165, 1.54) is 14.0 Å². The second-order valence-electron chi connectivity index (χ2n) is 6.50. The van der Waals surface area contributed by atoms with Crippen molar-refractivity contribution in [3.05, 3.63) is 47.2 Å². The number of oxazole rings is 1. The van der Waals surface area contributed by atoms with Gasteiger partial charge in [-0.2, -0.15) is 13.2 Å². The van der Waals surface area contributed by atoms with Gasteiger partial charge in [0.15, 0.2) is 12.4 Å². The Morgan fingerprint density at radius 2 is 1.97 bits per heavy atom. The summed E-state index contributed by atoms with van der Waals surface area (Å²) in [5.74, 6) is -1.53. The molecule has 1 heterocycles. The van der Waals surface area contributed by atoms with Crippen molar-refractivity contribution in [1.29, 1.82) is 0 Å². The number of hydrogen-bond donors (Lipinski definition) is 2. The minimum absolute atomic E-state index is 0.00169. The lowest BCUT2D eigenvalue weighted by Crippen LogP contribution is -2.32. The van der Waals surface area contributed by atoms with Gasteiger partial charge in [0.1, 0.15) is 11.9 Å². The highest BCUT2D eigenvalue weighted by Crippen LogP contribution is 2.31. The maximum atomic E-state index is 12.7. The van der Waals surface area contributed by atoms with Crippen molar-refractivity contribution in [2.24, 2.45) is 0 Å². The molecule has 160 valence electrons. The minimum atomic E-state index is -4.70. The van der Waals surface area contributed by atoms with Crippen LogP contribution in [0.25, 0.3) is 0 Å². The van der Waals surface area contributed by atoms with Crippen LogP contribution in [0.1, 0.15) is 35.9 Å². The van der Waals surface area contributed by atoms with Crippen molar-refractivity contribution in [2.45, 2.75) is 38.6 Å². The molecule has 2 aromatic rings. The fourth-order valence-electron chi connectivity index (χ4n) is 2.59. The summed E-state index contributed by atoms with van der Waals surface area (Å²) < 4.78 is 52.4. The monoisotopic (exact) mass is 416 g/mol. The molecule has 0 bridgehead atoms. The van der Waals surface area contributed by atoms with Crippen LogP contribution in [-0.4, -0.2) is 42.4 Å². The van der Waals surface area contributed by atoms with Crippen LogP contribution in [0.15, 0.2) is 28.7 Å². The Morgan fingerprint density at radius 1 is 1.31 bits per heavy atom. The molecule has 10 heteroatoms. The molecule has 0 amide bonds. The zero-order valence-electron chi connectivity index (χ0n) is 16.2. The van der Waals surface area contributed by atoms with Crippen LogP contribution in [0.5, 0.6) is 5.75 Å². The lowest BCUT2D eigenvalue weighted by atomic mass is 10.1. The molecule has 1 aromatic heterocycles. The number of aliphatic hydroxyl groups excluding tert-OH is 1. The van der Waals surface area contributed by atoms with Gasteiger partial charge in [-0.05, 0) is 38.0 Å². The summed E-state index contributed by atoms with van der Waals surface area (Å²) in [5.41, 5.74) is 0.974. The average Bonchev–Trinajstić information content (AvgIpc) is 3.07. The standard InChI is InChI=1S/C19H23F3N2O5/c1-11(8-13-4-6-14(7-5-13)28-10-16(26)27-3)23-9-15(25)17-12(2)24-18(29-17)19(20,21)22/h4-7,11,15,23,25H,8-10H2,1-3H3. The molecule has 2 unspecified atom stereocenters. The minimum Gasteiger partial charge on any atom is -0.482 e. The van der Waals surface area contributed by atoms with Gasteiger partial charge >= 0.3 is 18.0 Å². The number of nitrogens with zero attached hydrogens (tertiary/aromatic N) is 1. The number of aromatic nitrogens is 1. The number of hydrogen-bond acceptors (Lipinski definition) is 7. The number of benzene rings is 1. The summed E-state index contributed by atoms with van der Waals surface area (Å²) in [6.45, 7) is 3.06. The van der Waals surface area contributed by atoms with Gasteiger partial charge in [0.05, 0.1) is 12.8 Å². The van der Waals surface area contributed by atoms with E-state index >= 15 is 0 Å². The molecule has 7 nitrogen and oxygen atoms in total. The van der Waals surface area contributed by atoms with Crippen molar-refractivity contribution in [3.8, 4) is 5.75 Å². The van der Waals surface area contributed by atoms with Crippen LogP contribution in [0, 0.1) is 6.92 Å². The van der Waals surface area contributed by atoms with E-state index in [0.29, 0.717) is 12.2 Å². The van der Waals surface area contributed by atoms with E-state index < -0.39 is 24.1 Å². The van der Waals surface area contributed by atoms with Gasteiger partial charge in [-0.25, -0.2) is 9.78 Å². The lowest BCUT2D eigenvalue weighted by Gasteiger charge is -2.16. The van der Waals surface area contributed by atoms with Crippen molar-refractivity contribution in [1.82, 2.24) is 10.3 Å². The van der Waals surface area contributed by atoms with Crippen molar-refractivity contribution >= 4 is 5.97 Å². The van der Waals surface area contributed by atoms with Gasteiger partial charge in [0.25, 0.3) is 0 Å². The number of alkyl halides is 3. The largest absolute Gasteiger partial charge is 0.482 e. The molecule has 29 heavy (non-hydrogen) atoms. The van der Waals surface area contributed by atoms with E-state index in [2.05, 4.69) is 19.5 Å². The summed E-state index contributed by atoms with van der Waals surface area (Å²) in [6.07, 6.45) is -5.35. The number of aliphatic hydroxyl groups is 1. The van der Waals surface area contributed by atoms with E-state index in [4.69, 9.17) is 4.74 Å². The quantitative estimate of drug-likeness (QED) is 0.607. The predicted molar refractivity (Wildman–Crippen MR) is 96.3 cm³/mol. The molecule has 0 radical (unpaired) electrons. The number of esters is 1. The normalized spacial score (nSPS) is 13.8. The second kappa shape index (κ2) is 9.75. The number of nitrogens with one attached hydrogen (secondary N) is 1. The zero-order valence-corrected chi connectivity index (χ0v) is 16.2. The van der Waals surface area contributed by atoms with E-state index in [1.807, 2.05) is 19.1 Å². The molecule has 0 aliphatic rings. The number of halogens is 3. The third-order valence-corrected chi connectivity index (χ3v) is 4.09. The van der Waals surface area contributed by atoms with Gasteiger partial charge < -0.3 is 24.3 Å². The molecule has 2 N–H and O–H groups in total. The first kappa shape index (κ1) is 22.7. The fraction of sp³-hybridized carbons (Fsp3) is 0.474. The Balaban J connectivity index is 1.84. The second-order valence-corrected chi connectivity index (χ2v) is 6.50. The van der Waals surface area contributed by atoms with Crippen LogP contribution >= 0.6 is 0 Å². The predicted octanol–water partition coefficient (Wildman–Crippen LogP) is 2.81. The van der Waals surface area contributed by atoms with Crippen molar-refractivity contribution in [2.75, 3.05) is 20.3 Å². The molecule has 0 saturated heterocycles. The van der Waals surface area contributed by atoms with Crippen LogP contribution in [-0.2, 0) is 22.1 Å². The Hall–Kier alpha value is -2.59. The van der Waals surface area contributed by atoms with Crippen LogP contribution < -0.4 is 10.1 Å². The molecule has 0 fully saturated rings. The summed E-state index contributed by atoms with van der Waals surface area (Å²) in [5, 5.41) is 13.2. The Morgan fingerprint density at radius 3 is 2.52 bits per heavy atom. The number of methoxy groups -OCH3 is 1. The highest BCUT2D eigenvalue weighted by Gasteiger charge is 2.38. The number of carbonyl (C=O) groups is 1. The lowest BCUT2D eigenvalue weighted by molar-refractivity contribution is -0.158. The number of aryl methyl sites for hydroxylation is 1. The van der Waals surface area contributed by atoms with Crippen LogP contribution in [0.4, 0.5) is 13.2 Å². The first-order chi connectivity index (χ1) is 13.6. The first-order valence-electron chi connectivity index (χ1n) is 8.84. The first-order valence-corrected chi connectivity index (χ1v) is 8.84. The number of ether oxygens (including phenoxy) is 2. The highest BCUT2D eigenvalue weighted by atomic mass is 19.4. The van der Waals surface area contributed by atoms with Crippen LogP contribution in [0.3, 0.4) is 0 Å². The zero-order chi connectivity index (χ0) is 21.6. The average molecular weight is 416 g/mol. The fourth-order valence-corrected chi connectivity index (χ4v) is 2.59.